The molecule has 5 nitrogen and oxygen atoms in total. The molecule has 2 rings (SSSR count). The van der Waals surface area contributed by atoms with Crippen molar-refractivity contribution in [3.05, 3.63) is 18.2 Å². The molecule has 0 amide bonds. The van der Waals surface area contributed by atoms with E-state index in [1.54, 1.807) is 6.33 Å². The predicted octanol–water partition coefficient (Wildman–Crippen LogP) is 0.179. The number of sulfone groups is 1. The summed E-state index contributed by atoms with van der Waals surface area (Å²) in [7, 11) is -2.92. The van der Waals surface area contributed by atoms with Gasteiger partial charge in [-0.2, -0.15) is 0 Å². The fourth-order valence-corrected chi connectivity index (χ4v) is 2.83. The second kappa shape index (κ2) is 4.42. The molecule has 1 unspecified atom stereocenters. The number of aryl methyl sites for hydroxylation is 1. The van der Waals surface area contributed by atoms with E-state index in [9.17, 15) is 8.42 Å². The molecule has 1 aromatic rings. The van der Waals surface area contributed by atoms with Crippen LogP contribution in [0.15, 0.2) is 12.5 Å². The highest BCUT2D eigenvalue weighted by molar-refractivity contribution is 7.90. The van der Waals surface area contributed by atoms with Crippen LogP contribution in [0.4, 0.5) is 0 Å². The molecule has 1 aliphatic rings. The molecule has 0 bridgehead atoms. The Balaban J connectivity index is 2.17. The molecule has 0 aromatic carbocycles. The second-order valence-corrected chi connectivity index (χ2v) is 7.35. The normalized spacial score (nSPS) is 25.3. The van der Waals surface area contributed by atoms with Gasteiger partial charge in [0, 0.05) is 36.7 Å². The number of nitrogens with one attached hydrogen (secondary N) is 1. The highest BCUT2D eigenvalue weighted by Gasteiger charge is 2.33. The highest BCUT2D eigenvalue weighted by Crippen LogP contribution is 2.29. The number of nitrogens with zero attached hydrogens (tertiary/aromatic N) is 2. The zero-order chi connectivity index (χ0) is 12.5. The summed E-state index contributed by atoms with van der Waals surface area (Å²) < 4.78 is 24.4. The predicted molar refractivity (Wildman–Crippen MR) is 66.8 cm³/mol. The second-order valence-electron chi connectivity index (χ2n) is 5.09. The molecule has 1 saturated heterocycles. The fraction of sp³-hybridized carbons (Fsp3) is 0.727. The van der Waals surface area contributed by atoms with Gasteiger partial charge < -0.3 is 9.88 Å². The minimum absolute atomic E-state index is 0.0774. The summed E-state index contributed by atoms with van der Waals surface area (Å²) in [6, 6.07) is 0. The van der Waals surface area contributed by atoms with Crippen molar-refractivity contribution >= 4 is 9.84 Å². The Hall–Kier alpha value is -0.880. The minimum atomic E-state index is -2.92. The molecule has 1 aromatic heterocycles. The fourth-order valence-electron chi connectivity index (χ4n) is 2.30. The third-order valence-electron chi connectivity index (χ3n) is 3.40. The maximum atomic E-state index is 11.2. The Morgan fingerprint density at radius 3 is 2.94 bits per heavy atom. The molecule has 0 radical (unpaired) electrons. The van der Waals surface area contributed by atoms with E-state index in [4.69, 9.17) is 0 Å². The quantitative estimate of drug-likeness (QED) is 0.835. The van der Waals surface area contributed by atoms with Gasteiger partial charge in [-0.3, -0.25) is 0 Å². The van der Waals surface area contributed by atoms with Crippen molar-refractivity contribution in [3.63, 3.8) is 0 Å². The Kier molecular flexibility index (Phi) is 3.27. The first-order chi connectivity index (χ1) is 7.91. The molecular formula is C11H19N3O2S. The van der Waals surface area contributed by atoms with Crippen LogP contribution in [0.1, 0.15) is 19.0 Å². The Labute approximate surface area is 102 Å². The van der Waals surface area contributed by atoms with Gasteiger partial charge in [-0.15, -0.1) is 0 Å². The Morgan fingerprint density at radius 2 is 2.35 bits per heavy atom. The van der Waals surface area contributed by atoms with Gasteiger partial charge in [0.1, 0.15) is 9.84 Å². The van der Waals surface area contributed by atoms with Crippen LogP contribution in [-0.2, 0) is 21.8 Å². The lowest BCUT2D eigenvalue weighted by Gasteiger charge is -2.24. The zero-order valence-corrected chi connectivity index (χ0v) is 11.1. The van der Waals surface area contributed by atoms with Crippen LogP contribution in [0.3, 0.4) is 0 Å². The van der Waals surface area contributed by atoms with E-state index < -0.39 is 9.84 Å². The summed E-state index contributed by atoms with van der Waals surface area (Å²) in [5.41, 5.74) is 1.21. The summed E-state index contributed by atoms with van der Waals surface area (Å²) in [6.45, 7) is 4.62. The number of imidazole rings is 1. The highest BCUT2D eigenvalue weighted by atomic mass is 32.2. The Bertz CT molecular complexity index is 487. The molecule has 0 aliphatic carbocycles. The van der Waals surface area contributed by atoms with Crippen molar-refractivity contribution in [2.24, 2.45) is 0 Å². The molecule has 96 valence electrons. The van der Waals surface area contributed by atoms with Gasteiger partial charge in [0.15, 0.2) is 0 Å². The average molecular weight is 257 g/mol. The number of hydrogen-bond acceptors (Lipinski definition) is 4. The molecule has 1 aliphatic heterocycles. The topological polar surface area (TPSA) is 64.0 Å². The van der Waals surface area contributed by atoms with Gasteiger partial charge in [-0.05, 0) is 13.0 Å². The summed E-state index contributed by atoms with van der Waals surface area (Å²) in [4.78, 5) is 4.15. The molecule has 17 heavy (non-hydrogen) atoms. The molecule has 0 saturated carbocycles. The zero-order valence-electron chi connectivity index (χ0n) is 10.3. The van der Waals surface area contributed by atoms with E-state index in [1.807, 2.05) is 10.8 Å². The summed E-state index contributed by atoms with van der Waals surface area (Å²) in [5.74, 6) is 0.167. The first-order valence-corrected chi connectivity index (χ1v) is 7.86. The molecule has 6 heteroatoms. The third-order valence-corrected chi connectivity index (χ3v) is 4.33. The number of aromatic nitrogens is 2. The van der Waals surface area contributed by atoms with E-state index in [0.29, 0.717) is 6.54 Å². The van der Waals surface area contributed by atoms with Gasteiger partial charge in [-0.25, -0.2) is 13.4 Å². The largest absolute Gasteiger partial charge is 0.333 e. The smallest absolute Gasteiger partial charge is 0.149 e. The number of rotatable bonds is 4. The van der Waals surface area contributed by atoms with Crippen molar-refractivity contribution in [2.45, 2.75) is 25.3 Å². The van der Waals surface area contributed by atoms with Crippen molar-refractivity contribution in [1.29, 1.82) is 0 Å². The molecule has 1 fully saturated rings. The lowest BCUT2D eigenvalue weighted by atomic mass is 9.86. The minimum Gasteiger partial charge on any atom is -0.333 e. The maximum Gasteiger partial charge on any atom is 0.149 e. The molecule has 0 spiro atoms. The number of hydrogen-bond donors (Lipinski definition) is 1. The summed E-state index contributed by atoms with van der Waals surface area (Å²) >= 11 is 0. The van der Waals surface area contributed by atoms with Crippen molar-refractivity contribution < 1.29 is 8.42 Å². The molecular weight excluding hydrogens is 238 g/mol. The van der Waals surface area contributed by atoms with Crippen LogP contribution >= 0.6 is 0 Å². The van der Waals surface area contributed by atoms with Crippen molar-refractivity contribution in [2.75, 3.05) is 25.1 Å². The van der Waals surface area contributed by atoms with E-state index in [0.717, 1.165) is 25.2 Å². The van der Waals surface area contributed by atoms with Crippen molar-refractivity contribution in [1.82, 2.24) is 14.9 Å². The monoisotopic (exact) mass is 257 g/mol. The average Bonchev–Trinajstić information content (AvgIpc) is 2.82. The third kappa shape index (κ3) is 2.87. The van der Waals surface area contributed by atoms with Gasteiger partial charge in [0.2, 0.25) is 0 Å². The van der Waals surface area contributed by atoms with Gasteiger partial charge in [0.25, 0.3) is 0 Å². The van der Waals surface area contributed by atoms with Crippen LogP contribution in [0, 0.1) is 0 Å². The summed E-state index contributed by atoms with van der Waals surface area (Å²) in [5, 5.41) is 3.34. The van der Waals surface area contributed by atoms with Gasteiger partial charge >= 0.3 is 0 Å². The van der Waals surface area contributed by atoms with Crippen LogP contribution in [-0.4, -0.2) is 43.1 Å². The van der Waals surface area contributed by atoms with E-state index in [1.165, 1.54) is 6.26 Å². The van der Waals surface area contributed by atoms with Crippen molar-refractivity contribution in [3.8, 4) is 0 Å². The van der Waals surface area contributed by atoms with E-state index in [-0.39, 0.29) is 11.2 Å². The molecule has 1 atom stereocenters. The van der Waals surface area contributed by atoms with Gasteiger partial charge in [0.05, 0.1) is 12.1 Å². The first-order valence-electron chi connectivity index (χ1n) is 5.80. The maximum absolute atomic E-state index is 11.2. The first kappa shape index (κ1) is 12.6. The Morgan fingerprint density at radius 1 is 1.59 bits per heavy atom. The molecule has 1 N–H and O–H groups in total. The van der Waals surface area contributed by atoms with Crippen LogP contribution in [0.2, 0.25) is 0 Å². The van der Waals surface area contributed by atoms with E-state index in [2.05, 4.69) is 17.2 Å². The van der Waals surface area contributed by atoms with Crippen LogP contribution < -0.4 is 5.32 Å². The summed E-state index contributed by atoms with van der Waals surface area (Å²) in [6.07, 6.45) is 5.92. The van der Waals surface area contributed by atoms with Gasteiger partial charge in [-0.1, -0.05) is 6.92 Å². The molecule has 2 heterocycles. The lowest BCUT2D eigenvalue weighted by molar-refractivity contribution is 0.477. The lowest BCUT2D eigenvalue weighted by Crippen LogP contribution is -2.28. The standard InChI is InChI=1S/C11H19N3O2S/c1-11(3-4-12-8-11)10-7-13-9-14(10)5-6-17(2,15)16/h7,9,12H,3-6,8H2,1-2H3. The van der Waals surface area contributed by atoms with Crippen LogP contribution in [0.5, 0.6) is 0 Å². The SMILES string of the molecule is CC1(c2cncn2CCS(C)(=O)=O)CCNC1. The van der Waals surface area contributed by atoms with Crippen LogP contribution in [0.25, 0.3) is 0 Å². The van der Waals surface area contributed by atoms with E-state index >= 15 is 0 Å².